The summed E-state index contributed by atoms with van der Waals surface area (Å²) in [6, 6.07) is 3.96. The van der Waals surface area contributed by atoms with Crippen molar-refractivity contribution in [1.82, 2.24) is 15.0 Å². The van der Waals surface area contributed by atoms with Crippen molar-refractivity contribution in [1.29, 1.82) is 0 Å². The molecule has 0 aliphatic rings. The number of aryl methyl sites for hydroxylation is 3. The Morgan fingerprint density at radius 3 is 2.00 bits per heavy atom. The highest BCUT2D eigenvalue weighted by Gasteiger charge is 2.14. The molecule has 19 heavy (non-hydrogen) atoms. The van der Waals surface area contributed by atoms with Crippen LogP contribution in [0.4, 0.5) is 0 Å². The Kier molecular flexibility index (Phi) is 3.85. The van der Waals surface area contributed by atoms with Gasteiger partial charge in [0.2, 0.25) is 0 Å². The summed E-state index contributed by atoms with van der Waals surface area (Å²) in [7, 11) is 0. The molecule has 0 bridgehead atoms. The normalized spacial score (nSPS) is 11.1. The third-order valence-corrected chi connectivity index (χ3v) is 3.29. The Balaban J connectivity index is 2.58. The molecule has 4 heteroatoms. The maximum Gasteiger partial charge on any atom is 0.161 e. The van der Waals surface area contributed by atoms with Crippen molar-refractivity contribution < 1.29 is 0 Å². The molecule has 0 aliphatic heterocycles. The molecule has 0 saturated carbocycles. The van der Waals surface area contributed by atoms with Gasteiger partial charge in [-0.25, -0.2) is 9.97 Å². The summed E-state index contributed by atoms with van der Waals surface area (Å²) in [5.74, 6) is 0.989. The minimum atomic E-state index is 0.322. The van der Waals surface area contributed by atoms with Crippen LogP contribution < -0.4 is 0 Å². The SMILES string of the molecule is Cc1cc(-c2nc(C)c(C(C)C)c(Cl)n2)cc(C)n1. The second kappa shape index (κ2) is 5.25. The Morgan fingerprint density at radius 1 is 0.947 bits per heavy atom. The Labute approximate surface area is 119 Å². The molecule has 3 nitrogen and oxygen atoms in total. The molecular formula is C15H18ClN3. The first kappa shape index (κ1) is 13.9. The molecule has 0 atom stereocenters. The van der Waals surface area contributed by atoms with E-state index < -0.39 is 0 Å². The fraction of sp³-hybridized carbons (Fsp3) is 0.400. The van der Waals surface area contributed by atoms with E-state index in [-0.39, 0.29) is 0 Å². The lowest BCUT2D eigenvalue weighted by Crippen LogP contribution is -2.02. The van der Waals surface area contributed by atoms with Crippen LogP contribution in [-0.2, 0) is 0 Å². The summed E-state index contributed by atoms with van der Waals surface area (Å²) in [6.07, 6.45) is 0. The van der Waals surface area contributed by atoms with Crippen LogP contribution in [0.3, 0.4) is 0 Å². The maximum atomic E-state index is 6.29. The second-order valence-electron chi connectivity index (χ2n) is 5.13. The minimum Gasteiger partial charge on any atom is -0.258 e. The van der Waals surface area contributed by atoms with Gasteiger partial charge in [-0.05, 0) is 38.8 Å². The van der Waals surface area contributed by atoms with Gasteiger partial charge in [0.1, 0.15) is 5.15 Å². The highest BCUT2D eigenvalue weighted by atomic mass is 35.5. The monoisotopic (exact) mass is 275 g/mol. The molecule has 0 aromatic carbocycles. The Hall–Kier alpha value is -1.48. The second-order valence-corrected chi connectivity index (χ2v) is 5.49. The first-order chi connectivity index (χ1) is 8.88. The lowest BCUT2D eigenvalue weighted by molar-refractivity contribution is 0.831. The lowest BCUT2D eigenvalue weighted by Gasteiger charge is -2.12. The predicted molar refractivity (Wildman–Crippen MR) is 78.6 cm³/mol. The van der Waals surface area contributed by atoms with Crippen LogP contribution in [0.25, 0.3) is 11.4 Å². The van der Waals surface area contributed by atoms with E-state index in [4.69, 9.17) is 11.6 Å². The van der Waals surface area contributed by atoms with Crippen molar-refractivity contribution >= 4 is 11.6 Å². The van der Waals surface area contributed by atoms with Gasteiger partial charge >= 0.3 is 0 Å². The van der Waals surface area contributed by atoms with Crippen molar-refractivity contribution in [2.75, 3.05) is 0 Å². The van der Waals surface area contributed by atoms with Gasteiger partial charge in [0.25, 0.3) is 0 Å². The third-order valence-electron chi connectivity index (χ3n) is 3.01. The van der Waals surface area contributed by atoms with Crippen LogP contribution in [0.15, 0.2) is 12.1 Å². The molecule has 0 N–H and O–H groups in total. The van der Waals surface area contributed by atoms with E-state index in [2.05, 4.69) is 28.8 Å². The van der Waals surface area contributed by atoms with Crippen LogP contribution >= 0.6 is 11.6 Å². The quantitative estimate of drug-likeness (QED) is 0.770. The molecule has 2 aromatic rings. The fourth-order valence-corrected chi connectivity index (χ4v) is 2.73. The topological polar surface area (TPSA) is 38.7 Å². The number of hydrogen-bond acceptors (Lipinski definition) is 3. The lowest BCUT2D eigenvalue weighted by atomic mass is 10.0. The summed E-state index contributed by atoms with van der Waals surface area (Å²) < 4.78 is 0. The van der Waals surface area contributed by atoms with Crippen LogP contribution in [0.5, 0.6) is 0 Å². The van der Waals surface area contributed by atoms with Crippen molar-refractivity contribution in [3.8, 4) is 11.4 Å². The number of halogens is 1. The fourth-order valence-electron chi connectivity index (χ4n) is 2.30. The highest BCUT2D eigenvalue weighted by Crippen LogP contribution is 2.28. The third kappa shape index (κ3) is 2.92. The number of hydrogen-bond donors (Lipinski definition) is 0. The van der Waals surface area contributed by atoms with Crippen molar-refractivity contribution in [2.24, 2.45) is 0 Å². The van der Waals surface area contributed by atoms with Gasteiger partial charge in [0.15, 0.2) is 5.82 Å². The zero-order valence-corrected chi connectivity index (χ0v) is 12.7. The van der Waals surface area contributed by atoms with Crippen LogP contribution in [-0.4, -0.2) is 15.0 Å². The van der Waals surface area contributed by atoms with Crippen molar-refractivity contribution in [3.05, 3.63) is 39.9 Å². The van der Waals surface area contributed by atoms with E-state index >= 15 is 0 Å². The molecule has 2 heterocycles. The Bertz CT molecular complexity index is 578. The van der Waals surface area contributed by atoms with Gasteiger partial charge in [0, 0.05) is 28.2 Å². The molecule has 100 valence electrons. The predicted octanol–water partition coefficient (Wildman–Crippen LogP) is 4.24. The van der Waals surface area contributed by atoms with Gasteiger partial charge in [-0.15, -0.1) is 0 Å². The smallest absolute Gasteiger partial charge is 0.161 e. The summed E-state index contributed by atoms with van der Waals surface area (Å²) in [5, 5.41) is 0.546. The summed E-state index contributed by atoms with van der Waals surface area (Å²) >= 11 is 6.29. The molecule has 0 fully saturated rings. The van der Waals surface area contributed by atoms with Gasteiger partial charge in [-0.1, -0.05) is 25.4 Å². The van der Waals surface area contributed by atoms with E-state index in [1.54, 1.807) is 0 Å². The van der Waals surface area contributed by atoms with Gasteiger partial charge in [0.05, 0.1) is 0 Å². The Morgan fingerprint density at radius 2 is 1.53 bits per heavy atom. The van der Waals surface area contributed by atoms with Gasteiger partial charge < -0.3 is 0 Å². The standard InChI is InChI=1S/C15H18ClN3/c1-8(2)13-11(5)18-15(19-14(13)16)12-6-9(3)17-10(4)7-12/h6-8H,1-5H3. The minimum absolute atomic E-state index is 0.322. The van der Waals surface area contributed by atoms with Gasteiger partial charge in [-0.2, -0.15) is 0 Å². The first-order valence-electron chi connectivity index (χ1n) is 6.38. The van der Waals surface area contributed by atoms with E-state index in [0.29, 0.717) is 16.9 Å². The van der Waals surface area contributed by atoms with Crippen LogP contribution in [0, 0.1) is 20.8 Å². The zero-order valence-electron chi connectivity index (χ0n) is 12.0. The maximum absolute atomic E-state index is 6.29. The van der Waals surface area contributed by atoms with Crippen molar-refractivity contribution in [3.63, 3.8) is 0 Å². The van der Waals surface area contributed by atoms with Crippen LogP contribution in [0.2, 0.25) is 5.15 Å². The molecule has 0 aliphatic carbocycles. The van der Waals surface area contributed by atoms with Crippen molar-refractivity contribution in [2.45, 2.75) is 40.5 Å². The summed E-state index contributed by atoms with van der Waals surface area (Å²) in [6.45, 7) is 10.1. The number of aromatic nitrogens is 3. The average Bonchev–Trinajstić information content (AvgIpc) is 2.25. The molecular weight excluding hydrogens is 258 g/mol. The number of pyridine rings is 1. The summed E-state index contributed by atoms with van der Waals surface area (Å²) in [5.41, 5.74) is 4.84. The van der Waals surface area contributed by atoms with E-state index in [9.17, 15) is 0 Å². The molecule has 0 unspecified atom stereocenters. The highest BCUT2D eigenvalue weighted by molar-refractivity contribution is 6.30. The van der Waals surface area contributed by atoms with Gasteiger partial charge in [-0.3, -0.25) is 4.98 Å². The summed E-state index contributed by atoms with van der Waals surface area (Å²) in [4.78, 5) is 13.4. The molecule has 2 rings (SSSR count). The first-order valence-corrected chi connectivity index (χ1v) is 6.76. The molecule has 0 amide bonds. The number of nitrogens with zero attached hydrogens (tertiary/aromatic N) is 3. The van der Waals surface area contributed by atoms with Crippen LogP contribution in [0.1, 0.15) is 42.4 Å². The van der Waals surface area contributed by atoms with E-state index in [1.807, 2.05) is 32.9 Å². The molecule has 0 spiro atoms. The molecule has 2 aromatic heterocycles. The zero-order chi connectivity index (χ0) is 14.2. The molecule has 0 saturated heterocycles. The molecule has 0 radical (unpaired) electrons. The van der Waals surface area contributed by atoms with E-state index in [1.165, 1.54) is 0 Å². The number of rotatable bonds is 2. The van der Waals surface area contributed by atoms with E-state index in [0.717, 1.165) is 28.2 Å². The average molecular weight is 276 g/mol. The largest absolute Gasteiger partial charge is 0.258 e.